The van der Waals surface area contributed by atoms with Gasteiger partial charge in [-0.3, -0.25) is 0 Å². The first kappa shape index (κ1) is 13.9. The van der Waals surface area contributed by atoms with E-state index in [-0.39, 0.29) is 6.10 Å². The molecule has 0 spiro atoms. The zero-order valence-electron chi connectivity index (χ0n) is 12.5. The molecule has 112 valence electrons. The van der Waals surface area contributed by atoms with E-state index < -0.39 is 6.10 Å². The molecule has 1 aromatic heterocycles. The SMILES string of the molecule is CCOc1cc2c(cc1C(O)c1nccn1C)OC(C)C2. The van der Waals surface area contributed by atoms with Crippen LogP contribution in [0.2, 0.25) is 0 Å². The second-order valence-corrected chi connectivity index (χ2v) is 5.36. The highest BCUT2D eigenvalue weighted by atomic mass is 16.5. The molecule has 5 heteroatoms. The Balaban J connectivity index is 2.04. The number of aromatic nitrogens is 2. The van der Waals surface area contributed by atoms with E-state index in [0.29, 0.717) is 23.7 Å². The van der Waals surface area contributed by atoms with Crippen molar-refractivity contribution >= 4 is 0 Å². The number of fused-ring (bicyclic) bond motifs is 1. The number of rotatable bonds is 4. The van der Waals surface area contributed by atoms with Gasteiger partial charge in [0.2, 0.25) is 0 Å². The lowest BCUT2D eigenvalue weighted by molar-refractivity contribution is 0.197. The van der Waals surface area contributed by atoms with Gasteiger partial charge in [-0.05, 0) is 26.0 Å². The summed E-state index contributed by atoms with van der Waals surface area (Å²) < 4.78 is 13.3. The van der Waals surface area contributed by atoms with Gasteiger partial charge in [0, 0.05) is 37.0 Å². The van der Waals surface area contributed by atoms with Crippen molar-refractivity contribution in [2.75, 3.05) is 6.61 Å². The fourth-order valence-electron chi connectivity index (χ4n) is 2.73. The van der Waals surface area contributed by atoms with Crippen LogP contribution in [0.25, 0.3) is 0 Å². The maximum absolute atomic E-state index is 10.6. The molecule has 2 atom stereocenters. The molecule has 0 aliphatic carbocycles. The molecule has 2 unspecified atom stereocenters. The van der Waals surface area contributed by atoms with Crippen molar-refractivity contribution in [2.45, 2.75) is 32.5 Å². The van der Waals surface area contributed by atoms with Crippen LogP contribution >= 0.6 is 0 Å². The van der Waals surface area contributed by atoms with E-state index in [9.17, 15) is 5.11 Å². The van der Waals surface area contributed by atoms with E-state index in [1.165, 1.54) is 0 Å². The van der Waals surface area contributed by atoms with Gasteiger partial charge in [-0.15, -0.1) is 0 Å². The molecule has 1 aliphatic rings. The molecule has 21 heavy (non-hydrogen) atoms. The number of imidazole rings is 1. The fraction of sp³-hybridized carbons (Fsp3) is 0.438. The lowest BCUT2D eigenvalue weighted by Crippen LogP contribution is -2.09. The van der Waals surface area contributed by atoms with Crippen LogP contribution in [0.4, 0.5) is 0 Å². The van der Waals surface area contributed by atoms with Crippen LogP contribution < -0.4 is 9.47 Å². The predicted octanol–water partition coefficient (Wildman–Crippen LogP) is 2.22. The highest BCUT2D eigenvalue weighted by Crippen LogP contribution is 2.39. The van der Waals surface area contributed by atoms with Gasteiger partial charge in [0.1, 0.15) is 29.5 Å². The first-order valence-corrected chi connectivity index (χ1v) is 7.21. The molecule has 3 rings (SSSR count). The third-order valence-corrected chi connectivity index (χ3v) is 3.73. The monoisotopic (exact) mass is 288 g/mol. The highest BCUT2D eigenvalue weighted by molar-refractivity contribution is 5.50. The molecule has 2 aromatic rings. The van der Waals surface area contributed by atoms with Crippen LogP contribution in [-0.2, 0) is 13.5 Å². The van der Waals surface area contributed by atoms with Gasteiger partial charge < -0.3 is 19.1 Å². The van der Waals surface area contributed by atoms with Crippen LogP contribution in [0.5, 0.6) is 11.5 Å². The second-order valence-electron chi connectivity index (χ2n) is 5.36. The molecule has 1 aromatic carbocycles. The minimum Gasteiger partial charge on any atom is -0.493 e. The van der Waals surface area contributed by atoms with Gasteiger partial charge in [-0.2, -0.15) is 0 Å². The minimum absolute atomic E-state index is 0.162. The quantitative estimate of drug-likeness (QED) is 0.937. The molecule has 0 amide bonds. The van der Waals surface area contributed by atoms with E-state index in [1.807, 2.05) is 39.2 Å². The maximum Gasteiger partial charge on any atom is 0.142 e. The van der Waals surface area contributed by atoms with Crippen molar-refractivity contribution in [2.24, 2.45) is 7.05 Å². The Bertz CT molecular complexity index is 651. The minimum atomic E-state index is -0.837. The van der Waals surface area contributed by atoms with Crippen molar-refractivity contribution < 1.29 is 14.6 Å². The second kappa shape index (κ2) is 5.41. The average molecular weight is 288 g/mol. The van der Waals surface area contributed by atoms with Crippen LogP contribution in [0.15, 0.2) is 24.5 Å². The Morgan fingerprint density at radius 1 is 1.52 bits per heavy atom. The summed E-state index contributed by atoms with van der Waals surface area (Å²) in [5.41, 5.74) is 1.82. The van der Waals surface area contributed by atoms with E-state index in [1.54, 1.807) is 10.8 Å². The summed E-state index contributed by atoms with van der Waals surface area (Å²) in [4.78, 5) is 4.22. The zero-order valence-corrected chi connectivity index (χ0v) is 12.5. The van der Waals surface area contributed by atoms with Crippen LogP contribution in [-0.4, -0.2) is 27.4 Å². The first-order chi connectivity index (χ1) is 10.1. The van der Waals surface area contributed by atoms with Gasteiger partial charge in [0.05, 0.1) is 6.61 Å². The Kier molecular flexibility index (Phi) is 3.59. The molecule has 0 fully saturated rings. The summed E-state index contributed by atoms with van der Waals surface area (Å²) >= 11 is 0. The van der Waals surface area contributed by atoms with Gasteiger partial charge in [0.15, 0.2) is 0 Å². The summed E-state index contributed by atoms with van der Waals surface area (Å²) in [6, 6.07) is 3.85. The number of benzene rings is 1. The number of aliphatic hydroxyl groups is 1. The molecule has 1 aliphatic heterocycles. The topological polar surface area (TPSA) is 56.5 Å². The Hall–Kier alpha value is -2.01. The van der Waals surface area contributed by atoms with E-state index in [2.05, 4.69) is 4.98 Å². The van der Waals surface area contributed by atoms with E-state index >= 15 is 0 Å². The van der Waals surface area contributed by atoms with Crippen molar-refractivity contribution in [3.63, 3.8) is 0 Å². The number of hydrogen-bond donors (Lipinski definition) is 1. The summed E-state index contributed by atoms with van der Waals surface area (Å²) in [7, 11) is 1.86. The molecule has 5 nitrogen and oxygen atoms in total. The molecule has 2 heterocycles. The normalized spacial score (nSPS) is 18.2. The lowest BCUT2D eigenvalue weighted by atomic mass is 10.0. The van der Waals surface area contributed by atoms with Gasteiger partial charge in [-0.25, -0.2) is 4.98 Å². The summed E-state index contributed by atoms with van der Waals surface area (Å²) in [6.45, 7) is 4.52. The molecule has 0 saturated heterocycles. The largest absolute Gasteiger partial charge is 0.493 e. The van der Waals surface area contributed by atoms with Crippen molar-refractivity contribution in [3.05, 3.63) is 41.5 Å². The smallest absolute Gasteiger partial charge is 0.142 e. The average Bonchev–Trinajstić information content (AvgIpc) is 3.02. The number of aryl methyl sites for hydroxylation is 1. The predicted molar refractivity (Wildman–Crippen MR) is 78.7 cm³/mol. The van der Waals surface area contributed by atoms with Crippen molar-refractivity contribution in [1.82, 2.24) is 9.55 Å². The summed E-state index contributed by atoms with van der Waals surface area (Å²) in [5.74, 6) is 2.11. The van der Waals surface area contributed by atoms with E-state index in [4.69, 9.17) is 9.47 Å². The lowest BCUT2D eigenvalue weighted by Gasteiger charge is -2.17. The first-order valence-electron chi connectivity index (χ1n) is 7.21. The molecule has 0 bridgehead atoms. The number of aliphatic hydroxyl groups excluding tert-OH is 1. The summed E-state index contributed by atoms with van der Waals surface area (Å²) in [6.07, 6.45) is 3.68. The Morgan fingerprint density at radius 3 is 3.00 bits per heavy atom. The van der Waals surface area contributed by atoms with Gasteiger partial charge >= 0.3 is 0 Å². The van der Waals surface area contributed by atoms with Crippen LogP contribution in [0.3, 0.4) is 0 Å². The molecule has 0 saturated carbocycles. The van der Waals surface area contributed by atoms with Gasteiger partial charge in [-0.1, -0.05) is 0 Å². The van der Waals surface area contributed by atoms with Crippen LogP contribution in [0, 0.1) is 0 Å². The number of ether oxygens (including phenoxy) is 2. The van der Waals surface area contributed by atoms with Gasteiger partial charge in [0.25, 0.3) is 0 Å². The molecule has 0 radical (unpaired) electrons. The third-order valence-electron chi connectivity index (χ3n) is 3.73. The van der Waals surface area contributed by atoms with E-state index in [0.717, 1.165) is 17.7 Å². The molecule has 1 N–H and O–H groups in total. The fourth-order valence-corrected chi connectivity index (χ4v) is 2.73. The number of nitrogens with zero attached hydrogens (tertiary/aromatic N) is 2. The number of hydrogen-bond acceptors (Lipinski definition) is 4. The summed E-state index contributed by atoms with van der Waals surface area (Å²) in [5, 5.41) is 10.6. The standard InChI is InChI=1S/C16H20N2O3/c1-4-20-14-8-11-7-10(2)21-13(11)9-12(14)15(19)16-17-5-6-18(16)3/h5-6,8-10,15,19H,4,7H2,1-3H3. The van der Waals surface area contributed by atoms with Crippen molar-refractivity contribution in [1.29, 1.82) is 0 Å². The Morgan fingerprint density at radius 2 is 2.33 bits per heavy atom. The third kappa shape index (κ3) is 2.49. The molecular weight excluding hydrogens is 268 g/mol. The molecular formula is C16H20N2O3. The van der Waals surface area contributed by atoms with Crippen molar-refractivity contribution in [3.8, 4) is 11.5 Å². The zero-order chi connectivity index (χ0) is 15.0. The highest BCUT2D eigenvalue weighted by Gasteiger charge is 2.26. The maximum atomic E-state index is 10.6. The Labute approximate surface area is 124 Å². The van der Waals surface area contributed by atoms with Crippen LogP contribution in [0.1, 0.15) is 36.9 Å².